The molecule has 5 nitrogen and oxygen atoms in total. The molecule has 3 N–H and O–H groups in total. The number of primary sulfonamides is 1. The fourth-order valence-corrected chi connectivity index (χ4v) is 2.14. The summed E-state index contributed by atoms with van der Waals surface area (Å²) in [6, 6.07) is 7.50. The van der Waals surface area contributed by atoms with E-state index >= 15 is 0 Å². The van der Waals surface area contributed by atoms with Gasteiger partial charge in [0.25, 0.3) is 5.91 Å². The lowest BCUT2D eigenvalue weighted by molar-refractivity contribution is 0.102. The van der Waals surface area contributed by atoms with Crippen molar-refractivity contribution in [1.29, 1.82) is 0 Å². The fourth-order valence-electron chi connectivity index (χ4n) is 1.60. The Bertz CT molecular complexity index is 807. The molecule has 2 aromatic carbocycles. The standard InChI is InChI=1S/C13H10F2N2O3S/c14-9-3-1-2-8(6-9)13(18)17-12-7-10(21(16,19)20)4-5-11(12)15/h1-7H,(H,17,18)(H2,16,19,20). The van der Waals surface area contributed by atoms with Gasteiger partial charge in [0, 0.05) is 5.56 Å². The Morgan fingerprint density at radius 3 is 2.43 bits per heavy atom. The zero-order valence-electron chi connectivity index (χ0n) is 10.5. The summed E-state index contributed by atoms with van der Waals surface area (Å²) < 4.78 is 49.0. The van der Waals surface area contributed by atoms with Crippen LogP contribution in [0.5, 0.6) is 0 Å². The molecule has 0 spiro atoms. The number of benzene rings is 2. The van der Waals surface area contributed by atoms with E-state index in [1.807, 2.05) is 0 Å². The summed E-state index contributed by atoms with van der Waals surface area (Å²) in [7, 11) is -4.03. The summed E-state index contributed by atoms with van der Waals surface area (Å²) in [5.74, 6) is -2.24. The van der Waals surface area contributed by atoms with E-state index in [4.69, 9.17) is 5.14 Å². The maximum absolute atomic E-state index is 13.6. The molecule has 0 aliphatic heterocycles. The largest absolute Gasteiger partial charge is 0.319 e. The summed E-state index contributed by atoms with van der Waals surface area (Å²) >= 11 is 0. The number of rotatable bonds is 3. The highest BCUT2D eigenvalue weighted by molar-refractivity contribution is 7.89. The zero-order valence-corrected chi connectivity index (χ0v) is 11.3. The van der Waals surface area contributed by atoms with Crippen LogP contribution in [0, 0.1) is 11.6 Å². The first-order valence-corrected chi connectivity index (χ1v) is 7.21. The summed E-state index contributed by atoms with van der Waals surface area (Å²) in [5, 5.41) is 7.09. The van der Waals surface area contributed by atoms with E-state index in [2.05, 4.69) is 5.32 Å². The molecule has 8 heteroatoms. The molecule has 0 aromatic heterocycles. The van der Waals surface area contributed by atoms with Crippen LogP contribution < -0.4 is 10.5 Å². The molecule has 0 unspecified atom stereocenters. The van der Waals surface area contributed by atoms with Gasteiger partial charge in [-0.25, -0.2) is 22.3 Å². The van der Waals surface area contributed by atoms with Crippen LogP contribution in [0.3, 0.4) is 0 Å². The molecule has 2 rings (SSSR count). The van der Waals surface area contributed by atoms with Crippen molar-refractivity contribution < 1.29 is 22.0 Å². The van der Waals surface area contributed by atoms with Gasteiger partial charge in [-0.2, -0.15) is 0 Å². The number of sulfonamides is 1. The first kappa shape index (κ1) is 15.1. The zero-order chi connectivity index (χ0) is 15.6. The van der Waals surface area contributed by atoms with Gasteiger partial charge in [-0.05, 0) is 36.4 Å². The van der Waals surface area contributed by atoms with Gasteiger partial charge in [-0.3, -0.25) is 4.79 Å². The highest BCUT2D eigenvalue weighted by Gasteiger charge is 2.14. The summed E-state index contributed by atoms with van der Waals surface area (Å²) in [6.45, 7) is 0. The Morgan fingerprint density at radius 2 is 1.81 bits per heavy atom. The molecular weight excluding hydrogens is 302 g/mol. The SMILES string of the molecule is NS(=O)(=O)c1ccc(F)c(NC(=O)c2cccc(F)c2)c1. The molecule has 0 aliphatic carbocycles. The molecule has 0 atom stereocenters. The highest BCUT2D eigenvalue weighted by Crippen LogP contribution is 2.19. The van der Waals surface area contributed by atoms with Gasteiger partial charge in [0.1, 0.15) is 11.6 Å². The van der Waals surface area contributed by atoms with Crippen molar-refractivity contribution >= 4 is 21.6 Å². The number of carbonyl (C=O) groups is 1. The minimum Gasteiger partial charge on any atom is -0.319 e. The molecule has 0 saturated heterocycles. The van der Waals surface area contributed by atoms with Gasteiger partial charge >= 0.3 is 0 Å². The number of amides is 1. The van der Waals surface area contributed by atoms with Crippen molar-refractivity contribution in [1.82, 2.24) is 0 Å². The van der Waals surface area contributed by atoms with E-state index in [1.54, 1.807) is 0 Å². The molecule has 0 radical (unpaired) electrons. The number of nitrogens with one attached hydrogen (secondary N) is 1. The molecule has 0 heterocycles. The number of anilines is 1. The second-order valence-electron chi connectivity index (χ2n) is 4.15. The van der Waals surface area contributed by atoms with Crippen LogP contribution in [0.4, 0.5) is 14.5 Å². The first-order valence-electron chi connectivity index (χ1n) is 5.66. The van der Waals surface area contributed by atoms with Crippen molar-refractivity contribution in [2.45, 2.75) is 4.90 Å². The number of carbonyl (C=O) groups excluding carboxylic acids is 1. The number of nitrogens with two attached hydrogens (primary N) is 1. The van der Waals surface area contributed by atoms with E-state index in [1.165, 1.54) is 12.1 Å². The number of hydrogen-bond acceptors (Lipinski definition) is 3. The third-order valence-corrected chi connectivity index (χ3v) is 3.51. The van der Waals surface area contributed by atoms with E-state index in [9.17, 15) is 22.0 Å². The van der Waals surface area contributed by atoms with Crippen LogP contribution >= 0.6 is 0 Å². The van der Waals surface area contributed by atoms with Crippen LogP contribution in [0.1, 0.15) is 10.4 Å². The molecule has 0 fully saturated rings. The van der Waals surface area contributed by atoms with Gasteiger partial charge in [-0.15, -0.1) is 0 Å². The minimum atomic E-state index is -4.03. The van der Waals surface area contributed by atoms with Gasteiger partial charge in [0.2, 0.25) is 10.0 Å². The lowest BCUT2D eigenvalue weighted by Crippen LogP contribution is -2.16. The molecule has 2 aromatic rings. The predicted molar refractivity (Wildman–Crippen MR) is 72.1 cm³/mol. The Morgan fingerprint density at radius 1 is 1.10 bits per heavy atom. The molecule has 110 valence electrons. The quantitative estimate of drug-likeness (QED) is 0.906. The average Bonchev–Trinajstić information content (AvgIpc) is 2.40. The molecule has 0 aliphatic rings. The number of halogens is 2. The van der Waals surface area contributed by atoms with Crippen LogP contribution in [0.15, 0.2) is 47.4 Å². The smallest absolute Gasteiger partial charge is 0.255 e. The van der Waals surface area contributed by atoms with Gasteiger partial charge in [0.15, 0.2) is 0 Å². The lowest BCUT2D eigenvalue weighted by atomic mass is 10.2. The Kier molecular flexibility index (Phi) is 4.01. The van der Waals surface area contributed by atoms with Crippen molar-refractivity contribution in [3.8, 4) is 0 Å². The topological polar surface area (TPSA) is 89.3 Å². The van der Waals surface area contributed by atoms with Crippen molar-refractivity contribution in [2.75, 3.05) is 5.32 Å². The Labute approximate surface area is 119 Å². The van der Waals surface area contributed by atoms with Gasteiger partial charge in [-0.1, -0.05) is 6.07 Å². The average molecular weight is 312 g/mol. The van der Waals surface area contributed by atoms with Gasteiger partial charge in [0.05, 0.1) is 10.6 Å². The van der Waals surface area contributed by atoms with Crippen molar-refractivity contribution in [3.63, 3.8) is 0 Å². The molecular formula is C13H10F2N2O3S. The Balaban J connectivity index is 2.33. The predicted octanol–water partition coefficient (Wildman–Crippen LogP) is 1.86. The van der Waals surface area contributed by atoms with E-state index < -0.39 is 27.6 Å². The van der Waals surface area contributed by atoms with Crippen molar-refractivity contribution in [2.24, 2.45) is 5.14 Å². The second kappa shape index (κ2) is 5.58. The van der Waals surface area contributed by atoms with E-state index in [0.29, 0.717) is 0 Å². The molecule has 1 amide bonds. The van der Waals surface area contributed by atoms with Crippen molar-refractivity contribution in [3.05, 3.63) is 59.7 Å². The summed E-state index contributed by atoms with van der Waals surface area (Å²) in [4.78, 5) is 11.5. The first-order chi connectivity index (χ1) is 9.77. The summed E-state index contributed by atoms with van der Waals surface area (Å²) in [6.07, 6.45) is 0. The number of hydrogen-bond donors (Lipinski definition) is 2. The van der Waals surface area contributed by atoms with E-state index in [0.717, 1.165) is 30.3 Å². The maximum Gasteiger partial charge on any atom is 0.255 e. The third kappa shape index (κ3) is 3.61. The van der Waals surface area contributed by atoms with Crippen LogP contribution in [-0.2, 0) is 10.0 Å². The van der Waals surface area contributed by atoms with E-state index in [-0.39, 0.29) is 16.1 Å². The third-order valence-electron chi connectivity index (χ3n) is 2.60. The fraction of sp³-hybridized carbons (Fsp3) is 0. The molecule has 21 heavy (non-hydrogen) atoms. The highest BCUT2D eigenvalue weighted by atomic mass is 32.2. The Hall–Kier alpha value is -2.32. The monoisotopic (exact) mass is 312 g/mol. The van der Waals surface area contributed by atoms with Crippen LogP contribution in [0.25, 0.3) is 0 Å². The van der Waals surface area contributed by atoms with Crippen LogP contribution in [-0.4, -0.2) is 14.3 Å². The summed E-state index contributed by atoms with van der Waals surface area (Å²) in [5.41, 5.74) is -0.397. The van der Waals surface area contributed by atoms with Crippen LogP contribution in [0.2, 0.25) is 0 Å². The lowest BCUT2D eigenvalue weighted by Gasteiger charge is -2.08. The second-order valence-corrected chi connectivity index (χ2v) is 5.71. The van der Waals surface area contributed by atoms with Gasteiger partial charge < -0.3 is 5.32 Å². The minimum absolute atomic E-state index is 0.0320. The maximum atomic E-state index is 13.6. The molecule has 0 saturated carbocycles. The molecule has 0 bridgehead atoms. The normalized spacial score (nSPS) is 11.2.